The summed E-state index contributed by atoms with van der Waals surface area (Å²) in [6, 6.07) is 0.321. The molecule has 0 radical (unpaired) electrons. The first-order valence-electron chi connectivity index (χ1n) is 5.52. The van der Waals surface area contributed by atoms with Gasteiger partial charge in [0.15, 0.2) is 5.03 Å². The summed E-state index contributed by atoms with van der Waals surface area (Å²) < 4.78 is 1.70. The van der Waals surface area contributed by atoms with Crippen molar-refractivity contribution >= 4 is 17.7 Å². The van der Waals surface area contributed by atoms with E-state index in [1.807, 2.05) is 0 Å². The number of aliphatic carboxylic acids is 1. The highest BCUT2D eigenvalue weighted by Crippen LogP contribution is 2.33. The fraction of sp³-hybridized carbons (Fsp3) is 0.545. The van der Waals surface area contributed by atoms with Crippen molar-refractivity contribution < 1.29 is 9.90 Å². The van der Waals surface area contributed by atoms with Crippen LogP contribution in [0, 0.1) is 5.92 Å². The van der Waals surface area contributed by atoms with E-state index >= 15 is 0 Å². The van der Waals surface area contributed by atoms with Gasteiger partial charge in [0.05, 0.1) is 5.92 Å². The van der Waals surface area contributed by atoms with Crippen LogP contribution >= 0.6 is 11.8 Å². The zero-order valence-electron chi connectivity index (χ0n) is 9.50. The molecule has 0 spiro atoms. The first kappa shape index (κ1) is 12.2. The monoisotopic (exact) mass is 254 g/mol. The second-order valence-corrected chi connectivity index (χ2v) is 5.23. The predicted molar refractivity (Wildman–Crippen MR) is 64.3 cm³/mol. The number of carboxylic acids is 1. The van der Waals surface area contributed by atoms with Gasteiger partial charge in [-0.15, -0.1) is 0 Å². The van der Waals surface area contributed by atoms with E-state index in [-0.39, 0.29) is 5.56 Å². The van der Waals surface area contributed by atoms with Crippen molar-refractivity contribution in [1.29, 1.82) is 0 Å². The normalized spacial score (nSPS) is 16.8. The summed E-state index contributed by atoms with van der Waals surface area (Å²) >= 11 is 1.22. The van der Waals surface area contributed by atoms with Gasteiger partial charge in [-0.2, -0.15) is 0 Å². The number of thioether (sulfide) groups is 1. The standard InChI is InChI=1S/C11H14N2O3S/c1-7(11(15)16)6-17-9-10(14)13(5-4-12-9)8-2-3-8/h4-5,7-8H,2-3,6H2,1H3,(H,15,16). The highest BCUT2D eigenvalue weighted by Gasteiger charge is 2.25. The fourth-order valence-electron chi connectivity index (χ4n) is 1.42. The molecule has 0 aliphatic heterocycles. The van der Waals surface area contributed by atoms with Gasteiger partial charge in [-0.1, -0.05) is 18.7 Å². The Morgan fingerprint density at radius 2 is 2.41 bits per heavy atom. The van der Waals surface area contributed by atoms with Crippen LogP contribution in [0.15, 0.2) is 22.2 Å². The smallest absolute Gasteiger partial charge is 0.307 e. The van der Waals surface area contributed by atoms with Crippen LogP contribution in [0.5, 0.6) is 0 Å². The van der Waals surface area contributed by atoms with Gasteiger partial charge in [-0.05, 0) is 12.8 Å². The van der Waals surface area contributed by atoms with E-state index in [0.717, 1.165) is 12.8 Å². The molecule has 1 heterocycles. The number of nitrogens with zero attached hydrogens (tertiary/aromatic N) is 2. The van der Waals surface area contributed by atoms with Crippen LogP contribution in [0.1, 0.15) is 25.8 Å². The number of rotatable bonds is 5. The molecule has 5 nitrogen and oxygen atoms in total. The summed E-state index contributed by atoms with van der Waals surface area (Å²) in [6.45, 7) is 1.62. The summed E-state index contributed by atoms with van der Waals surface area (Å²) in [5.74, 6) is -0.960. The molecule has 1 aliphatic rings. The van der Waals surface area contributed by atoms with Crippen LogP contribution in [0.3, 0.4) is 0 Å². The summed E-state index contributed by atoms with van der Waals surface area (Å²) in [5, 5.41) is 9.16. The number of carboxylic acid groups (broad SMARTS) is 1. The third-order valence-corrected chi connectivity index (χ3v) is 3.89. The van der Waals surface area contributed by atoms with Crippen LogP contribution in [-0.2, 0) is 4.79 Å². The van der Waals surface area contributed by atoms with Gasteiger partial charge in [0.1, 0.15) is 0 Å². The van der Waals surface area contributed by atoms with Crippen LogP contribution in [0.25, 0.3) is 0 Å². The molecule has 92 valence electrons. The minimum atomic E-state index is -0.851. The van der Waals surface area contributed by atoms with Crippen LogP contribution in [-0.4, -0.2) is 26.4 Å². The molecule has 1 atom stereocenters. The summed E-state index contributed by atoms with van der Waals surface area (Å²) in [6.07, 6.45) is 5.39. The maximum Gasteiger partial charge on any atom is 0.307 e. The predicted octanol–water partition coefficient (Wildman–Crippen LogP) is 1.39. The van der Waals surface area contributed by atoms with Crippen molar-refractivity contribution in [1.82, 2.24) is 9.55 Å². The summed E-state index contributed by atoms with van der Waals surface area (Å²) in [4.78, 5) is 26.7. The number of carbonyl (C=O) groups is 1. The lowest BCUT2D eigenvalue weighted by Gasteiger charge is -2.07. The van der Waals surface area contributed by atoms with Gasteiger partial charge in [-0.25, -0.2) is 4.98 Å². The Kier molecular flexibility index (Phi) is 3.51. The van der Waals surface area contributed by atoms with Gasteiger partial charge < -0.3 is 9.67 Å². The Balaban J connectivity index is 2.08. The summed E-state index contributed by atoms with van der Waals surface area (Å²) in [5.41, 5.74) is -0.0995. The SMILES string of the molecule is CC(CSc1nccn(C2CC2)c1=O)C(=O)O. The van der Waals surface area contributed by atoms with Crippen molar-refractivity contribution in [2.45, 2.75) is 30.8 Å². The molecule has 1 unspecified atom stereocenters. The van der Waals surface area contributed by atoms with Crippen molar-refractivity contribution in [2.24, 2.45) is 5.92 Å². The molecule has 0 aromatic carbocycles. The molecule has 1 aliphatic carbocycles. The van der Waals surface area contributed by atoms with Crippen molar-refractivity contribution in [3.05, 3.63) is 22.7 Å². The van der Waals surface area contributed by atoms with Gasteiger partial charge in [0.2, 0.25) is 0 Å². The first-order chi connectivity index (χ1) is 8.09. The molecule has 0 amide bonds. The molecule has 2 rings (SSSR count). The number of hydrogen-bond donors (Lipinski definition) is 1. The van der Waals surface area contributed by atoms with Crippen molar-refractivity contribution in [2.75, 3.05) is 5.75 Å². The lowest BCUT2D eigenvalue weighted by atomic mass is 10.2. The minimum absolute atomic E-state index is 0.0995. The highest BCUT2D eigenvalue weighted by atomic mass is 32.2. The lowest BCUT2D eigenvalue weighted by Crippen LogP contribution is -2.22. The zero-order valence-corrected chi connectivity index (χ0v) is 10.3. The van der Waals surface area contributed by atoms with Gasteiger partial charge in [0.25, 0.3) is 5.56 Å². The van der Waals surface area contributed by atoms with E-state index in [1.54, 1.807) is 23.9 Å². The Morgan fingerprint density at radius 3 is 3.00 bits per heavy atom. The quantitative estimate of drug-likeness (QED) is 0.804. The third-order valence-electron chi connectivity index (χ3n) is 2.67. The number of hydrogen-bond acceptors (Lipinski definition) is 4. The van der Waals surface area contributed by atoms with E-state index in [4.69, 9.17) is 5.11 Å². The van der Waals surface area contributed by atoms with E-state index in [9.17, 15) is 9.59 Å². The Bertz CT molecular complexity index is 482. The molecule has 1 aromatic rings. The van der Waals surface area contributed by atoms with E-state index in [2.05, 4.69) is 4.98 Å². The summed E-state index contributed by atoms with van der Waals surface area (Å²) in [7, 11) is 0. The fourth-order valence-corrected chi connectivity index (χ4v) is 2.34. The molecular formula is C11H14N2O3S. The molecular weight excluding hydrogens is 240 g/mol. The largest absolute Gasteiger partial charge is 0.481 e. The van der Waals surface area contributed by atoms with Crippen LogP contribution in [0.4, 0.5) is 0 Å². The molecule has 1 fully saturated rings. The topological polar surface area (TPSA) is 72.2 Å². The van der Waals surface area contributed by atoms with E-state index in [1.165, 1.54) is 11.8 Å². The molecule has 1 aromatic heterocycles. The molecule has 1 saturated carbocycles. The average molecular weight is 254 g/mol. The molecule has 0 saturated heterocycles. The van der Waals surface area contributed by atoms with Crippen LogP contribution in [0.2, 0.25) is 0 Å². The Morgan fingerprint density at radius 1 is 1.71 bits per heavy atom. The Hall–Kier alpha value is -1.30. The molecule has 1 N–H and O–H groups in total. The lowest BCUT2D eigenvalue weighted by molar-refractivity contribution is -0.140. The van der Waals surface area contributed by atoms with Gasteiger partial charge in [0, 0.05) is 24.2 Å². The molecule has 0 bridgehead atoms. The molecule has 6 heteroatoms. The molecule has 17 heavy (non-hydrogen) atoms. The number of aromatic nitrogens is 2. The highest BCUT2D eigenvalue weighted by molar-refractivity contribution is 7.99. The second-order valence-electron chi connectivity index (χ2n) is 4.23. The third kappa shape index (κ3) is 2.88. The Labute approximate surface area is 103 Å². The second kappa shape index (κ2) is 4.91. The van der Waals surface area contributed by atoms with Gasteiger partial charge >= 0.3 is 5.97 Å². The maximum atomic E-state index is 12.0. The van der Waals surface area contributed by atoms with Crippen molar-refractivity contribution in [3.63, 3.8) is 0 Å². The maximum absolute atomic E-state index is 12.0. The average Bonchev–Trinajstić information content (AvgIpc) is 3.11. The van der Waals surface area contributed by atoms with E-state index < -0.39 is 11.9 Å². The van der Waals surface area contributed by atoms with Gasteiger partial charge in [-0.3, -0.25) is 9.59 Å². The van der Waals surface area contributed by atoms with Crippen LogP contribution < -0.4 is 5.56 Å². The van der Waals surface area contributed by atoms with E-state index in [0.29, 0.717) is 16.8 Å². The first-order valence-corrected chi connectivity index (χ1v) is 6.51. The zero-order chi connectivity index (χ0) is 12.4. The minimum Gasteiger partial charge on any atom is -0.481 e. The van der Waals surface area contributed by atoms with Crippen molar-refractivity contribution in [3.8, 4) is 0 Å².